The number of hydrogen-bond donors (Lipinski definition) is 1. The summed E-state index contributed by atoms with van der Waals surface area (Å²) in [4.78, 5) is 12.4. The van der Waals surface area contributed by atoms with Crippen LogP contribution in [0.1, 0.15) is 44.1 Å². The van der Waals surface area contributed by atoms with Crippen molar-refractivity contribution in [2.24, 2.45) is 5.41 Å². The zero-order chi connectivity index (χ0) is 14.1. The summed E-state index contributed by atoms with van der Waals surface area (Å²) in [5, 5.41) is 12.4. The molecule has 2 saturated carbocycles. The molecule has 0 atom stereocenters. The lowest BCUT2D eigenvalue weighted by atomic mass is 9.86. The monoisotopic (exact) mass is 268 g/mol. The summed E-state index contributed by atoms with van der Waals surface area (Å²) in [6.45, 7) is 0.666. The average Bonchev–Trinajstić information content (AvgIpc) is 3.14. The lowest BCUT2D eigenvalue weighted by molar-refractivity contribution is -0.128. The van der Waals surface area contributed by atoms with Crippen molar-refractivity contribution in [2.75, 3.05) is 6.54 Å². The number of amides is 1. The second kappa shape index (κ2) is 4.94. The Morgan fingerprint density at radius 3 is 2.35 bits per heavy atom. The van der Waals surface area contributed by atoms with Crippen molar-refractivity contribution in [3.05, 3.63) is 35.9 Å². The van der Waals surface area contributed by atoms with Gasteiger partial charge in [-0.25, -0.2) is 0 Å². The third kappa shape index (κ3) is 2.20. The van der Waals surface area contributed by atoms with Crippen LogP contribution in [0.5, 0.6) is 0 Å². The minimum absolute atomic E-state index is 0.0558. The molecule has 1 aromatic rings. The lowest BCUT2D eigenvalue weighted by Crippen LogP contribution is -2.41. The van der Waals surface area contributed by atoms with Crippen LogP contribution in [-0.2, 0) is 10.2 Å². The van der Waals surface area contributed by atoms with E-state index >= 15 is 0 Å². The number of hydrogen-bond acceptors (Lipinski definition) is 2. The summed E-state index contributed by atoms with van der Waals surface area (Å²) in [7, 11) is 0. The number of carbonyl (C=O) groups excluding carboxylic acids is 1. The predicted molar refractivity (Wildman–Crippen MR) is 76.9 cm³/mol. The van der Waals surface area contributed by atoms with E-state index < -0.39 is 5.41 Å². The van der Waals surface area contributed by atoms with E-state index in [4.69, 9.17) is 0 Å². The first-order valence-corrected chi connectivity index (χ1v) is 7.46. The second-order valence-electron chi connectivity index (χ2n) is 6.23. The van der Waals surface area contributed by atoms with Crippen LogP contribution in [-0.4, -0.2) is 12.5 Å². The number of rotatable bonds is 4. The van der Waals surface area contributed by atoms with Gasteiger partial charge in [0.15, 0.2) is 0 Å². The van der Waals surface area contributed by atoms with Gasteiger partial charge in [-0.15, -0.1) is 0 Å². The van der Waals surface area contributed by atoms with E-state index in [9.17, 15) is 10.1 Å². The van der Waals surface area contributed by atoms with Crippen molar-refractivity contribution in [3.63, 3.8) is 0 Å². The molecule has 0 bridgehead atoms. The van der Waals surface area contributed by atoms with Gasteiger partial charge in [0.2, 0.25) is 5.91 Å². The van der Waals surface area contributed by atoms with Crippen molar-refractivity contribution < 1.29 is 4.79 Å². The number of nitrogens with one attached hydrogen (secondary N) is 1. The smallest absolute Gasteiger partial charge is 0.240 e. The van der Waals surface area contributed by atoms with Crippen LogP contribution in [0, 0.1) is 16.7 Å². The molecular weight excluding hydrogens is 248 g/mol. The van der Waals surface area contributed by atoms with E-state index in [1.165, 1.54) is 5.56 Å². The van der Waals surface area contributed by atoms with Crippen LogP contribution in [0.3, 0.4) is 0 Å². The van der Waals surface area contributed by atoms with Crippen molar-refractivity contribution >= 4 is 5.91 Å². The molecule has 0 heterocycles. The third-order valence-electron chi connectivity index (χ3n) is 4.93. The largest absolute Gasteiger partial charge is 0.354 e. The van der Waals surface area contributed by atoms with Crippen LogP contribution >= 0.6 is 0 Å². The number of carbonyl (C=O) groups is 1. The molecule has 0 unspecified atom stereocenters. The van der Waals surface area contributed by atoms with Crippen LogP contribution in [0.2, 0.25) is 0 Å². The maximum atomic E-state index is 12.4. The van der Waals surface area contributed by atoms with Gasteiger partial charge in [-0.1, -0.05) is 43.2 Å². The van der Waals surface area contributed by atoms with E-state index in [1.54, 1.807) is 0 Å². The zero-order valence-corrected chi connectivity index (χ0v) is 11.7. The van der Waals surface area contributed by atoms with Gasteiger partial charge in [-0.05, 0) is 31.2 Å². The normalized spacial score (nSPS) is 21.9. The maximum absolute atomic E-state index is 12.4. The van der Waals surface area contributed by atoms with Crippen molar-refractivity contribution in [1.82, 2.24) is 5.32 Å². The van der Waals surface area contributed by atoms with Crippen LogP contribution in [0.15, 0.2) is 30.3 Å². The first kappa shape index (κ1) is 13.2. The molecule has 2 aliphatic rings. The molecule has 104 valence electrons. The molecule has 0 saturated heterocycles. The van der Waals surface area contributed by atoms with Gasteiger partial charge < -0.3 is 5.32 Å². The molecule has 1 amide bonds. The quantitative estimate of drug-likeness (QED) is 0.912. The molecule has 2 fully saturated rings. The molecule has 20 heavy (non-hydrogen) atoms. The highest BCUT2D eigenvalue weighted by atomic mass is 16.2. The van der Waals surface area contributed by atoms with Crippen molar-refractivity contribution in [2.45, 2.75) is 43.9 Å². The highest BCUT2D eigenvalue weighted by Crippen LogP contribution is 2.48. The highest BCUT2D eigenvalue weighted by molar-refractivity contribution is 5.85. The molecule has 0 aromatic heterocycles. The molecule has 0 spiro atoms. The first-order valence-electron chi connectivity index (χ1n) is 7.46. The minimum Gasteiger partial charge on any atom is -0.354 e. The molecule has 0 radical (unpaired) electrons. The van der Waals surface area contributed by atoms with Crippen LogP contribution in [0.25, 0.3) is 0 Å². The molecule has 3 nitrogen and oxygen atoms in total. The topological polar surface area (TPSA) is 52.9 Å². The molecular formula is C17H20N2O. The van der Waals surface area contributed by atoms with Gasteiger partial charge >= 0.3 is 0 Å². The van der Waals surface area contributed by atoms with Gasteiger partial charge in [0.1, 0.15) is 5.41 Å². The van der Waals surface area contributed by atoms with Crippen molar-refractivity contribution in [1.29, 1.82) is 5.26 Å². The van der Waals surface area contributed by atoms with Gasteiger partial charge in [0.25, 0.3) is 0 Å². The second-order valence-corrected chi connectivity index (χ2v) is 6.23. The van der Waals surface area contributed by atoms with Crippen LogP contribution in [0.4, 0.5) is 0 Å². The molecule has 1 aromatic carbocycles. The molecule has 0 aliphatic heterocycles. The molecule has 2 aliphatic carbocycles. The molecule has 1 N–H and O–H groups in total. The number of benzene rings is 1. The molecule has 3 heteroatoms. The SMILES string of the molecule is N#CC1(C(=O)NCC2(c3ccccc3)CC2)CCCC1. The van der Waals surface area contributed by atoms with Gasteiger partial charge in [-0.3, -0.25) is 4.79 Å². The Labute approximate surface area is 120 Å². The van der Waals surface area contributed by atoms with Crippen LogP contribution < -0.4 is 5.32 Å². The summed E-state index contributed by atoms with van der Waals surface area (Å²) < 4.78 is 0. The summed E-state index contributed by atoms with van der Waals surface area (Å²) in [5.41, 5.74) is 0.664. The van der Waals surface area contributed by atoms with Gasteiger partial charge in [-0.2, -0.15) is 5.26 Å². The Balaban J connectivity index is 1.66. The highest BCUT2D eigenvalue weighted by Gasteiger charge is 2.47. The predicted octanol–water partition coefficient (Wildman–Crippen LogP) is 2.92. The van der Waals surface area contributed by atoms with Crippen molar-refractivity contribution in [3.8, 4) is 6.07 Å². The number of nitrogens with zero attached hydrogens (tertiary/aromatic N) is 1. The number of nitriles is 1. The third-order valence-corrected chi connectivity index (χ3v) is 4.93. The fourth-order valence-corrected chi connectivity index (χ4v) is 3.30. The Kier molecular flexibility index (Phi) is 3.25. The zero-order valence-electron chi connectivity index (χ0n) is 11.7. The lowest BCUT2D eigenvalue weighted by Gasteiger charge is -2.22. The first-order chi connectivity index (χ1) is 9.71. The summed E-state index contributed by atoms with van der Waals surface area (Å²) in [6, 6.07) is 12.6. The van der Waals surface area contributed by atoms with E-state index in [-0.39, 0.29) is 11.3 Å². The Morgan fingerprint density at radius 2 is 1.80 bits per heavy atom. The standard InChI is InChI=1S/C17H20N2O/c18-12-16(8-4-5-9-16)15(20)19-13-17(10-11-17)14-6-2-1-3-7-14/h1-3,6-7H,4-5,8-11,13H2,(H,19,20). The molecule has 3 rings (SSSR count). The fourth-order valence-electron chi connectivity index (χ4n) is 3.30. The van der Waals surface area contributed by atoms with E-state index in [1.807, 2.05) is 18.2 Å². The van der Waals surface area contributed by atoms with Gasteiger partial charge in [0.05, 0.1) is 6.07 Å². The average molecular weight is 268 g/mol. The Bertz CT molecular complexity index is 534. The summed E-state index contributed by atoms with van der Waals surface area (Å²) >= 11 is 0. The Hall–Kier alpha value is -1.82. The Morgan fingerprint density at radius 1 is 1.15 bits per heavy atom. The summed E-state index contributed by atoms with van der Waals surface area (Å²) in [5.74, 6) is -0.0558. The summed E-state index contributed by atoms with van der Waals surface area (Å²) in [6.07, 6.45) is 5.66. The van der Waals surface area contributed by atoms with E-state index in [0.717, 1.165) is 25.7 Å². The van der Waals surface area contributed by atoms with Gasteiger partial charge in [0, 0.05) is 12.0 Å². The minimum atomic E-state index is -0.757. The fraction of sp³-hybridized carbons (Fsp3) is 0.529. The maximum Gasteiger partial charge on any atom is 0.240 e. The van der Waals surface area contributed by atoms with E-state index in [0.29, 0.717) is 19.4 Å². The van der Waals surface area contributed by atoms with E-state index in [2.05, 4.69) is 23.5 Å².